The van der Waals surface area contributed by atoms with Crippen LogP contribution < -0.4 is 14.9 Å². The van der Waals surface area contributed by atoms with E-state index in [2.05, 4.69) is 9.97 Å². The lowest BCUT2D eigenvalue weighted by atomic mass is 10.2. The van der Waals surface area contributed by atoms with Crippen LogP contribution in [0, 0.1) is 6.92 Å². The molecule has 2 amide bonds. The molecule has 2 aromatic heterocycles. The number of nitrogens with zero attached hydrogens (tertiary/aromatic N) is 4. The topological polar surface area (TPSA) is 75.4 Å². The maximum Gasteiger partial charge on any atom is 0.330 e. The summed E-state index contributed by atoms with van der Waals surface area (Å²) in [5.74, 6) is 0. The van der Waals surface area contributed by atoms with Crippen molar-refractivity contribution in [1.82, 2.24) is 9.97 Å². The van der Waals surface area contributed by atoms with Crippen molar-refractivity contribution in [2.75, 3.05) is 22.9 Å². The Morgan fingerprint density at radius 2 is 1.96 bits per heavy atom. The molecular formula is C17H17N5OS3. The Kier molecular flexibility index (Phi) is 4.94. The summed E-state index contributed by atoms with van der Waals surface area (Å²) in [6.45, 7) is 3.29. The van der Waals surface area contributed by atoms with Gasteiger partial charge in [0.2, 0.25) is 0 Å². The van der Waals surface area contributed by atoms with Crippen molar-refractivity contribution in [3.63, 3.8) is 0 Å². The zero-order chi connectivity index (χ0) is 18.1. The molecule has 4 rings (SSSR count). The first-order valence-electron chi connectivity index (χ1n) is 8.10. The molecule has 1 aliphatic heterocycles. The molecule has 2 N–H and O–H groups in total. The molecule has 0 radical (unpaired) electrons. The van der Waals surface area contributed by atoms with E-state index in [0.29, 0.717) is 18.2 Å². The van der Waals surface area contributed by atoms with Crippen LogP contribution in [0.2, 0.25) is 0 Å². The lowest BCUT2D eigenvalue weighted by Gasteiger charge is -2.34. The zero-order valence-electron chi connectivity index (χ0n) is 14.1. The number of thiazole rings is 2. The molecule has 134 valence electrons. The fourth-order valence-electron chi connectivity index (χ4n) is 2.88. The molecule has 3 aromatic rings. The Morgan fingerprint density at radius 3 is 2.62 bits per heavy atom. The van der Waals surface area contributed by atoms with Crippen molar-refractivity contribution in [2.24, 2.45) is 5.14 Å². The van der Waals surface area contributed by atoms with Crippen molar-refractivity contribution in [3.8, 4) is 10.6 Å². The molecule has 1 fully saturated rings. The molecule has 6 nitrogen and oxygen atoms in total. The van der Waals surface area contributed by atoms with Crippen molar-refractivity contribution in [3.05, 3.63) is 41.5 Å². The van der Waals surface area contributed by atoms with Gasteiger partial charge in [0.15, 0.2) is 5.13 Å². The van der Waals surface area contributed by atoms with E-state index in [0.717, 1.165) is 32.6 Å². The fourth-order valence-corrected chi connectivity index (χ4v) is 4.98. The molecule has 9 heteroatoms. The molecule has 26 heavy (non-hydrogen) atoms. The molecule has 0 bridgehead atoms. The van der Waals surface area contributed by atoms with Crippen molar-refractivity contribution in [1.29, 1.82) is 0 Å². The first-order chi connectivity index (χ1) is 12.7. The first kappa shape index (κ1) is 17.5. The van der Waals surface area contributed by atoms with E-state index in [4.69, 9.17) is 5.14 Å². The van der Waals surface area contributed by atoms with Gasteiger partial charge in [-0.15, -0.1) is 11.3 Å². The van der Waals surface area contributed by atoms with E-state index < -0.39 is 0 Å². The first-order valence-corrected chi connectivity index (χ1v) is 10.7. The molecular weight excluding hydrogens is 386 g/mol. The Labute approximate surface area is 163 Å². The smallest absolute Gasteiger partial charge is 0.294 e. The van der Waals surface area contributed by atoms with Gasteiger partial charge in [0.1, 0.15) is 5.01 Å². The molecule has 0 saturated carbocycles. The third kappa shape index (κ3) is 3.23. The summed E-state index contributed by atoms with van der Waals surface area (Å²) in [6.07, 6.45) is 2.69. The van der Waals surface area contributed by atoms with E-state index in [-0.39, 0.29) is 6.03 Å². The van der Waals surface area contributed by atoms with E-state index in [9.17, 15) is 4.79 Å². The number of carbonyl (C=O) groups excluding carboxylic acids is 1. The van der Waals surface area contributed by atoms with Gasteiger partial charge in [-0.05, 0) is 49.6 Å². The van der Waals surface area contributed by atoms with Gasteiger partial charge in [-0.3, -0.25) is 14.9 Å². The van der Waals surface area contributed by atoms with Gasteiger partial charge in [-0.1, -0.05) is 11.3 Å². The lowest BCUT2D eigenvalue weighted by molar-refractivity contribution is 0.248. The van der Waals surface area contributed by atoms with Gasteiger partial charge in [0.05, 0.1) is 9.90 Å². The predicted octanol–water partition coefficient (Wildman–Crippen LogP) is 4.38. The summed E-state index contributed by atoms with van der Waals surface area (Å²) in [5.41, 5.74) is 2.82. The number of carbonyl (C=O) groups is 1. The van der Waals surface area contributed by atoms with E-state index >= 15 is 0 Å². The Morgan fingerprint density at radius 1 is 1.19 bits per heavy atom. The number of benzene rings is 1. The average molecular weight is 404 g/mol. The maximum atomic E-state index is 13.0. The number of aromatic nitrogens is 2. The third-order valence-electron chi connectivity index (χ3n) is 4.16. The van der Waals surface area contributed by atoms with Crippen molar-refractivity contribution >= 4 is 51.5 Å². The van der Waals surface area contributed by atoms with Crippen LogP contribution in [0.25, 0.3) is 10.6 Å². The standard InChI is InChI=1S/C17H17N5OS3/c1-11-15(26-18)25-16(20-11)22-9-2-8-21(17(22)23)13-5-3-12(4-6-13)14-19-7-10-24-14/h3-7,10H,2,8-9,18H2,1H3. The summed E-state index contributed by atoms with van der Waals surface area (Å²) in [7, 11) is 0. The number of nitrogens with two attached hydrogens (primary N) is 1. The van der Waals surface area contributed by atoms with Crippen LogP contribution in [0.5, 0.6) is 0 Å². The Balaban J connectivity index is 1.57. The minimum absolute atomic E-state index is 0.0411. The second kappa shape index (κ2) is 7.36. The summed E-state index contributed by atoms with van der Waals surface area (Å²) in [5, 5.41) is 9.32. The maximum absolute atomic E-state index is 13.0. The highest BCUT2D eigenvalue weighted by Crippen LogP contribution is 2.34. The summed E-state index contributed by atoms with van der Waals surface area (Å²) in [4.78, 5) is 25.4. The molecule has 0 spiro atoms. The van der Waals surface area contributed by atoms with Gasteiger partial charge in [0.25, 0.3) is 0 Å². The van der Waals surface area contributed by atoms with Crippen molar-refractivity contribution in [2.45, 2.75) is 17.6 Å². The summed E-state index contributed by atoms with van der Waals surface area (Å²) in [6, 6.07) is 7.94. The van der Waals surface area contributed by atoms with Crippen LogP contribution in [0.3, 0.4) is 0 Å². The summed E-state index contributed by atoms with van der Waals surface area (Å²) < 4.78 is 0.942. The van der Waals surface area contributed by atoms with Crippen molar-refractivity contribution < 1.29 is 4.79 Å². The van der Waals surface area contributed by atoms with Gasteiger partial charge in [-0.25, -0.2) is 14.8 Å². The van der Waals surface area contributed by atoms with Crippen LogP contribution in [0.4, 0.5) is 15.6 Å². The van der Waals surface area contributed by atoms with Crippen LogP contribution in [0.1, 0.15) is 12.1 Å². The highest BCUT2D eigenvalue weighted by molar-refractivity contribution is 7.99. The normalized spacial score (nSPS) is 14.9. The lowest BCUT2D eigenvalue weighted by Crippen LogP contribution is -2.49. The van der Waals surface area contributed by atoms with Crippen LogP contribution in [0.15, 0.2) is 40.1 Å². The quantitative estimate of drug-likeness (QED) is 0.655. The number of rotatable bonds is 4. The monoisotopic (exact) mass is 403 g/mol. The molecule has 3 heterocycles. The molecule has 1 aliphatic rings. The van der Waals surface area contributed by atoms with E-state index in [1.165, 1.54) is 23.3 Å². The van der Waals surface area contributed by atoms with Gasteiger partial charge < -0.3 is 0 Å². The van der Waals surface area contributed by atoms with Gasteiger partial charge in [-0.2, -0.15) is 0 Å². The number of aryl methyl sites for hydroxylation is 1. The second-order valence-electron chi connectivity index (χ2n) is 5.81. The third-order valence-corrected chi connectivity index (χ3v) is 7.01. The molecule has 0 atom stereocenters. The van der Waals surface area contributed by atoms with E-state index in [1.54, 1.807) is 27.3 Å². The molecule has 0 unspecified atom stereocenters. The number of urea groups is 1. The number of hydrogen-bond donors (Lipinski definition) is 1. The average Bonchev–Trinajstić information content (AvgIpc) is 3.32. The Bertz CT molecular complexity index is 907. The highest BCUT2D eigenvalue weighted by Gasteiger charge is 2.30. The number of hydrogen-bond acceptors (Lipinski definition) is 7. The molecule has 0 aliphatic carbocycles. The molecule has 1 aromatic carbocycles. The highest BCUT2D eigenvalue weighted by atomic mass is 32.2. The predicted molar refractivity (Wildman–Crippen MR) is 109 cm³/mol. The minimum Gasteiger partial charge on any atom is -0.294 e. The second-order valence-corrected chi connectivity index (χ2v) is 8.59. The molecule has 1 saturated heterocycles. The number of amides is 2. The van der Waals surface area contributed by atoms with E-state index in [1.807, 2.05) is 36.6 Å². The van der Waals surface area contributed by atoms with Crippen LogP contribution >= 0.6 is 34.6 Å². The van der Waals surface area contributed by atoms with Gasteiger partial charge in [0, 0.05) is 35.9 Å². The number of anilines is 2. The SMILES string of the molecule is Cc1nc(N2CCCN(c3ccc(-c4nccs4)cc3)C2=O)sc1SN. The van der Waals surface area contributed by atoms with Crippen LogP contribution in [-0.4, -0.2) is 29.1 Å². The fraction of sp³-hybridized carbons (Fsp3) is 0.235. The largest absolute Gasteiger partial charge is 0.330 e. The van der Waals surface area contributed by atoms with Gasteiger partial charge >= 0.3 is 6.03 Å². The zero-order valence-corrected chi connectivity index (χ0v) is 16.5. The minimum atomic E-state index is -0.0411. The Hall–Kier alpha value is -1.94. The summed E-state index contributed by atoms with van der Waals surface area (Å²) >= 11 is 4.25. The van der Waals surface area contributed by atoms with Crippen LogP contribution in [-0.2, 0) is 0 Å².